The van der Waals surface area contributed by atoms with Crippen molar-refractivity contribution < 1.29 is 14.3 Å². The summed E-state index contributed by atoms with van der Waals surface area (Å²) < 4.78 is 12.3. The number of carbonyl (C=O) groups is 1. The van der Waals surface area contributed by atoms with Crippen LogP contribution in [0.1, 0.15) is 30.7 Å². The smallest absolute Gasteiger partial charge is 0.260 e. The maximum Gasteiger partial charge on any atom is 0.260 e. The average Bonchev–Trinajstić information content (AvgIpc) is 3.18. The minimum atomic E-state index is 0.0275. The molecule has 5 nitrogen and oxygen atoms in total. The molecule has 0 bridgehead atoms. The summed E-state index contributed by atoms with van der Waals surface area (Å²) >= 11 is 1.74. The number of rotatable bonds is 6. The molecule has 1 fully saturated rings. The zero-order valence-electron chi connectivity index (χ0n) is 16.0. The van der Waals surface area contributed by atoms with Gasteiger partial charge in [0.2, 0.25) is 0 Å². The summed E-state index contributed by atoms with van der Waals surface area (Å²) in [4.78, 5) is 19.3. The number of thiazole rings is 1. The van der Waals surface area contributed by atoms with Gasteiger partial charge in [0, 0.05) is 19.0 Å². The Morgan fingerprint density at radius 2 is 1.89 bits per heavy atom. The Kier molecular flexibility index (Phi) is 5.76. The number of ether oxygens (including phenoxy) is 2. The molecule has 0 saturated carbocycles. The van der Waals surface area contributed by atoms with E-state index in [-0.39, 0.29) is 12.5 Å². The van der Waals surface area contributed by atoms with Crippen molar-refractivity contribution >= 4 is 27.5 Å². The molecule has 1 atom stereocenters. The molecule has 1 aliphatic heterocycles. The van der Waals surface area contributed by atoms with Crippen LogP contribution in [0.5, 0.6) is 11.5 Å². The van der Waals surface area contributed by atoms with Crippen LogP contribution in [0.25, 0.3) is 10.2 Å². The van der Waals surface area contributed by atoms with Gasteiger partial charge in [-0.1, -0.05) is 12.1 Å². The summed E-state index contributed by atoms with van der Waals surface area (Å²) in [5, 5.41) is 1.13. The van der Waals surface area contributed by atoms with Gasteiger partial charge in [-0.2, -0.15) is 0 Å². The lowest BCUT2D eigenvalue weighted by molar-refractivity contribution is -0.134. The molecular formula is C22H24N2O3S. The molecule has 3 aromatic rings. The van der Waals surface area contributed by atoms with Crippen molar-refractivity contribution in [3.63, 3.8) is 0 Å². The fourth-order valence-corrected chi connectivity index (χ4v) is 4.60. The number of aromatic nitrogens is 1. The van der Waals surface area contributed by atoms with Crippen LogP contribution < -0.4 is 9.47 Å². The lowest BCUT2D eigenvalue weighted by atomic mass is 9.99. The zero-order valence-corrected chi connectivity index (χ0v) is 16.8. The van der Waals surface area contributed by atoms with E-state index in [0.29, 0.717) is 24.8 Å². The molecular weight excluding hydrogens is 372 g/mol. The molecule has 146 valence electrons. The lowest BCUT2D eigenvalue weighted by Crippen LogP contribution is -2.41. The van der Waals surface area contributed by atoms with Crippen LogP contribution in [0.15, 0.2) is 48.5 Å². The summed E-state index contributed by atoms with van der Waals surface area (Å²) in [6, 6.07) is 15.6. The van der Waals surface area contributed by atoms with Gasteiger partial charge in [-0.25, -0.2) is 4.98 Å². The average molecular weight is 397 g/mol. The lowest BCUT2D eigenvalue weighted by Gasteiger charge is -2.31. The van der Waals surface area contributed by atoms with Crippen LogP contribution in [0, 0.1) is 0 Å². The number of fused-ring (bicyclic) bond motifs is 1. The molecule has 1 unspecified atom stereocenters. The number of hydrogen-bond donors (Lipinski definition) is 0. The predicted molar refractivity (Wildman–Crippen MR) is 111 cm³/mol. The van der Waals surface area contributed by atoms with E-state index in [1.165, 1.54) is 4.70 Å². The van der Waals surface area contributed by atoms with E-state index in [1.54, 1.807) is 11.3 Å². The van der Waals surface area contributed by atoms with E-state index in [9.17, 15) is 4.79 Å². The van der Waals surface area contributed by atoms with Gasteiger partial charge in [0.15, 0.2) is 6.61 Å². The van der Waals surface area contributed by atoms with Crippen molar-refractivity contribution in [2.45, 2.75) is 25.7 Å². The molecule has 1 aromatic heterocycles. The van der Waals surface area contributed by atoms with Gasteiger partial charge < -0.3 is 14.4 Å². The minimum Gasteiger partial charge on any atom is -0.494 e. The fourth-order valence-electron chi connectivity index (χ4n) is 3.51. The van der Waals surface area contributed by atoms with Gasteiger partial charge in [-0.05, 0) is 56.2 Å². The Hall–Kier alpha value is -2.60. The third kappa shape index (κ3) is 4.28. The number of benzene rings is 2. The Bertz CT molecular complexity index is 905. The van der Waals surface area contributed by atoms with E-state index in [4.69, 9.17) is 14.5 Å². The Morgan fingerprint density at radius 1 is 1.14 bits per heavy atom. The quantitative estimate of drug-likeness (QED) is 0.616. The Labute approximate surface area is 168 Å². The van der Waals surface area contributed by atoms with Crippen molar-refractivity contribution in [1.82, 2.24) is 9.88 Å². The number of para-hydroxylation sites is 1. The molecule has 6 heteroatoms. The van der Waals surface area contributed by atoms with Crippen LogP contribution in [0.2, 0.25) is 0 Å². The van der Waals surface area contributed by atoms with Gasteiger partial charge >= 0.3 is 0 Å². The number of amides is 1. The van der Waals surface area contributed by atoms with E-state index in [1.807, 2.05) is 54.3 Å². The topological polar surface area (TPSA) is 51.7 Å². The Morgan fingerprint density at radius 3 is 2.64 bits per heavy atom. The second-order valence-electron chi connectivity index (χ2n) is 6.89. The highest BCUT2D eigenvalue weighted by Gasteiger charge is 2.27. The molecule has 0 N–H and O–H groups in total. The highest BCUT2D eigenvalue weighted by molar-refractivity contribution is 7.18. The van der Waals surface area contributed by atoms with Crippen LogP contribution in [0.4, 0.5) is 0 Å². The van der Waals surface area contributed by atoms with Gasteiger partial charge in [0.05, 0.1) is 21.8 Å². The first-order chi connectivity index (χ1) is 13.7. The van der Waals surface area contributed by atoms with Gasteiger partial charge in [-0.15, -0.1) is 11.3 Å². The maximum absolute atomic E-state index is 12.6. The highest BCUT2D eigenvalue weighted by Crippen LogP contribution is 2.33. The van der Waals surface area contributed by atoms with Crippen molar-refractivity contribution in [3.8, 4) is 11.5 Å². The molecule has 1 amide bonds. The molecule has 2 aromatic carbocycles. The summed E-state index contributed by atoms with van der Waals surface area (Å²) in [5.74, 6) is 1.81. The van der Waals surface area contributed by atoms with Crippen molar-refractivity contribution in [2.24, 2.45) is 0 Å². The van der Waals surface area contributed by atoms with Crippen LogP contribution in [0.3, 0.4) is 0 Å². The number of likely N-dealkylation sites (tertiary alicyclic amines) is 1. The van der Waals surface area contributed by atoms with E-state index >= 15 is 0 Å². The largest absolute Gasteiger partial charge is 0.494 e. The number of piperidine rings is 1. The first kappa shape index (κ1) is 18.7. The third-order valence-corrected chi connectivity index (χ3v) is 6.13. The Balaban J connectivity index is 1.35. The number of nitrogens with zero attached hydrogens (tertiary/aromatic N) is 2. The first-order valence-electron chi connectivity index (χ1n) is 9.72. The fraction of sp³-hybridized carbons (Fsp3) is 0.364. The van der Waals surface area contributed by atoms with Gasteiger partial charge in [0.1, 0.15) is 11.5 Å². The second kappa shape index (κ2) is 8.61. The summed E-state index contributed by atoms with van der Waals surface area (Å²) in [6.45, 7) is 4.13. The van der Waals surface area contributed by atoms with Gasteiger partial charge in [-0.3, -0.25) is 4.79 Å². The zero-order chi connectivity index (χ0) is 19.3. The van der Waals surface area contributed by atoms with Crippen molar-refractivity contribution in [3.05, 3.63) is 53.5 Å². The normalized spacial score (nSPS) is 16.9. The van der Waals surface area contributed by atoms with Crippen LogP contribution in [-0.4, -0.2) is 42.1 Å². The maximum atomic E-state index is 12.6. The molecule has 0 spiro atoms. The molecule has 28 heavy (non-hydrogen) atoms. The summed E-state index contributed by atoms with van der Waals surface area (Å²) in [5.41, 5.74) is 1.05. The molecule has 2 heterocycles. The highest BCUT2D eigenvalue weighted by atomic mass is 32.1. The second-order valence-corrected chi connectivity index (χ2v) is 7.95. The molecule has 0 radical (unpaired) electrons. The summed E-state index contributed by atoms with van der Waals surface area (Å²) in [6.07, 6.45) is 2.07. The van der Waals surface area contributed by atoms with Crippen LogP contribution in [-0.2, 0) is 4.79 Å². The monoisotopic (exact) mass is 396 g/mol. The SMILES string of the molecule is CCOc1ccc(OCC(=O)N2CCCC(c3nc4ccccc4s3)C2)cc1. The van der Waals surface area contributed by atoms with E-state index < -0.39 is 0 Å². The molecule has 4 rings (SSSR count). The predicted octanol–water partition coefficient (Wildman–Crippen LogP) is 4.48. The number of hydrogen-bond acceptors (Lipinski definition) is 5. The van der Waals surface area contributed by atoms with Crippen LogP contribution >= 0.6 is 11.3 Å². The van der Waals surface area contributed by atoms with Gasteiger partial charge in [0.25, 0.3) is 5.91 Å². The van der Waals surface area contributed by atoms with E-state index in [0.717, 1.165) is 35.7 Å². The van der Waals surface area contributed by atoms with Crippen molar-refractivity contribution in [2.75, 3.05) is 26.3 Å². The molecule has 1 aliphatic rings. The summed E-state index contributed by atoms with van der Waals surface area (Å²) in [7, 11) is 0. The van der Waals surface area contributed by atoms with E-state index in [2.05, 4.69) is 6.07 Å². The standard InChI is InChI=1S/C22H24N2O3S/c1-2-26-17-9-11-18(12-10-17)27-15-21(25)24-13-5-6-16(14-24)22-23-19-7-3-4-8-20(19)28-22/h3-4,7-12,16H,2,5-6,13-15H2,1H3. The molecule has 0 aliphatic carbocycles. The van der Waals surface area contributed by atoms with Crippen molar-refractivity contribution in [1.29, 1.82) is 0 Å². The number of carbonyl (C=O) groups excluding carboxylic acids is 1. The molecule has 1 saturated heterocycles. The minimum absolute atomic E-state index is 0.0275. The first-order valence-corrected chi connectivity index (χ1v) is 10.5. The third-order valence-electron chi connectivity index (χ3n) is 4.93.